The van der Waals surface area contributed by atoms with Crippen LogP contribution in [0.1, 0.15) is 31.2 Å². The van der Waals surface area contributed by atoms with Crippen LogP contribution in [0.4, 0.5) is 5.82 Å². The Morgan fingerprint density at radius 2 is 1.70 bits per heavy atom. The molecule has 0 spiro atoms. The van der Waals surface area contributed by atoms with Gasteiger partial charge < -0.3 is 14.7 Å². The second-order valence-electron chi connectivity index (χ2n) is 8.44. The number of nitrogens with zero attached hydrogens (tertiary/aromatic N) is 6. The molecule has 0 radical (unpaired) electrons. The first-order chi connectivity index (χ1) is 14.7. The van der Waals surface area contributed by atoms with Crippen LogP contribution in [0.15, 0.2) is 18.3 Å². The van der Waals surface area contributed by atoms with Gasteiger partial charge in [0, 0.05) is 64.5 Å². The van der Waals surface area contributed by atoms with Crippen molar-refractivity contribution in [3.8, 4) is 6.07 Å². The van der Waals surface area contributed by atoms with Crippen LogP contribution in [-0.4, -0.2) is 90.4 Å². The van der Waals surface area contributed by atoms with E-state index in [-0.39, 0.29) is 11.8 Å². The molecule has 1 aromatic rings. The highest BCUT2D eigenvalue weighted by atomic mass is 16.2. The number of aromatic nitrogens is 1. The minimum Gasteiger partial charge on any atom is -0.353 e. The largest absolute Gasteiger partial charge is 0.353 e. The van der Waals surface area contributed by atoms with E-state index < -0.39 is 0 Å². The fourth-order valence-electron chi connectivity index (χ4n) is 4.72. The van der Waals surface area contributed by atoms with E-state index in [0.29, 0.717) is 31.1 Å². The highest BCUT2D eigenvalue weighted by Crippen LogP contribution is 2.23. The fourth-order valence-corrected chi connectivity index (χ4v) is 4.72. The number of hydrogen-bond donors (Lipinski definition) is 0. The summed E-state index contributed by atoms with van der Waals surface area (Å²) in [5.74, 6) is 1.27. The molecule has 0 N–H and O–H groups in total. The van der Waals surface area contributed by atoms with Gasteiger partial charge >= 0.3 is 0 Å². The molecule has 0 saturated carbocycles. The van der Waals surface area contributed by atoms with Gasteiger partial charge in [0.05, 0.1) is 12.1 Å². The quantitative estimate of drug-likeness (QED) is 0.735. The number of piperazine rings is 1. The standard InChI is InChI=1S/C22H30N6O2/c23-16-19-4-3-7-24-21(19)27-14-12-25(13-15-27)17-20(29)26-10-5-18(6-11-26)22(30)28-8-1-2-9-28/h3-4,7,18H,1-2,5-6,8-15,17H2. The molecule has 8 nitrogen and oxygen atoms in total. The minimum atomic E-state index is 0.0865. The second kappa shape index (κ2) is 9.43. The van der Waals surface area contributed by atoms with Crippen LogP contribution in [-0.2, 0) is 9.59 Å². The molecule has 160 valence electrons. The van der Waals surface area contributed by atoms with E-state index >= 15 is 0 Å². The molecule has 3 aliphatic rings. The van der Waals surface area contributed by atoms with Crippen molar-refractivity contribution in [2.75, 3.05) is 63.8 Å². The van der Waals surface area contributed by atoms with Gasteiger partial charge in [0.25, 0.3) is 0 Å². The zero-order valence-electron chi connectivity index (χ0n) is 17.5. The predicted molar refractivity (Wildman–Crippen MR) is 113 cm³/mol. The summed E-state index contributed by atoms with van der Waals surface area (Å²) in [7, 11) is 0. The van der Waals surface area contributed by atoms with Crippen LogP contribution in [0.5, 0.6) is 0 Å². The van der Waals surface area contributed by atoms with Gasteiger partial charge in [-0.15, -0.1) is 0 Å². The van der Waals surface area contributed by atoms with Crippen molar-refractivity contribution in [3.63, 3.8) is 0 Å². The summed E-state index contributed by atoms with van der Waals surface area (Å²) in [5, 5.41) is 9.28. The van der Waals surface area contributed by atoms with E-state index in [1.165, 1.54) is 0 Å². The van der Waals surface area contributed by atoms with Gasteiger partial charge in [0.15, 0.2) is 0 Å². The number of nitriles is 1. The number of carbonyl (C=O) groups is 2. The van der Waals surface area contributed by atoms with Gasteiger partial charge in [0.1, 0.15) is 11.9 Å². The molecular formula is C22H30N6O2. The van der Waals surface area contributed by atoms with Crippen LogP contribution in [0, 0.1) is 17.2 Å². The molecule has 2 amide bonds. The summed E-state index contributed by atoms with van der Waals surface area (Å²) in [4.78, 5) is 37.9. The van der Waals surface area contributed by atoms with E-state index in [1.54, 1.807) is 18.3 Å². The summed E-state index contributed by atoms with van der Waals surface area (Å²) in [6.07, 6.45) is 5.52. The van der Waals surface area contributed by atoms with Crippen LogP contribution < -0.4 is 4.90 Å². The van der Waals surface area contributed by atoms with Gasteiger partial charge in [-0.25, -0.2) is 4.98 Å². The van der Waals surface area contributed by atoms with Gasteiger partial charge in [-0.05, 0) is 37.8 Å². The molecule has 1 aromatic heterocycles. The number of pyridine rings is 1. The molecule has 3 saturated heterocycles. The van der Waals surface area contributed by atoms with Crippen molar-refractivity contribution < 1.29 is 9.59 Å². The molecule has 0 aliphatic carbocycles. The Morgan fingerprint density at radius 1 is 1.00 bits per heavy atom. The second-order valence-corrected chi connectivity index (χ2v) is 8.44. The van der Waals surface area contributed by atoms with E-state index in [9.17, 15) is 14.9 Å². The number of piperidine rings is 1. The highest BCUT2D eigenvalue weighted by molar-refractivity contribution is 5.81. The number of hydrogen-bond acceptors (Lipinski definition) is 6. The summed E-state index contributed by atoms with van der Waals surface area (Å²) >= 11 is 0. The van der Waals surface area contributed by atoms with Gasteiger partial charge in [-0.3, -0.25) is 14.5 Å². The van der Waals surface area contributed by atoms with Crippen molar-refractivity contribution in [3.05, 3.63) is 23.9 Å². The van der Waals surface area contributed by atoms with Crippen molar-refractivity contribution >= 4 is 17.6 Å². The third kappa shape index (κ3) is 4.57. The Kier molecular flexibility index (Phi) is 6.48. The lowest BCUT2D eigenvalue weighted by Crippen LogP contribution is -2.52. The van der Waals surface area contributed by atoms with E-state index in [1.807, 2.05) is 9.80 Å². The molecule has 30 heavy (non-hydrogen) atoms. The average molecular weight is 411 g/mol. The predicted octanol–water partition coefficient (Wildman–Crippen LogP) is 0.936. The van der Waals surface area contributed by atoms with E-state index in [0.717, 1.165) is 70.8 Å². The van der Waals surface area contributed by atoms with Gasteiger partial charge in [-0.2, -0.15) is 5.26 Å². The molecule has 0 bridgehead atoms. The molecule has 3 fully saturated rings. The van der Waals surface area contributed by atoms with E-state index in [4.69, 9.17) is 0 Å². The van der Waals surface area contributed by atoms with Crippen molar-refractivity contribution in [1.29, 1.82) is 5.26 Å². The van der Waals surface area contributed by atoms with Crippen LogP contribution in [0.2, 0.25) is 0 Å². The van der Waals surface area contributed by atoms with Crippen LogP contribution in [0.25, 0.3) is 0 Å². The highest BCUT2D eigenvalue weighted by Gasteiger charge is 2.32. The van der Waals surface area contributed by atoms with Gasteiger partial charge in [0.2, 0.25) is 11.8 Å². The Balaban J connectivity index is 1.22. The summed E-state index contributed by atoms with van der Waals surface area (Å²) < 4.78 is 0. The Hall–Kier alpha value is -2.66. The number of rotatable bonds is 4. The first-order valence-corrected chi connectivity index (χ1v) is 11.0. The maximum Gasteiger partial charge on any atom is 0.236 e. The molecule has 4 heterocycles. The maximum atomic E-state index is 12.8. The first-order valence-electron chi connectivity index (χ1n) is 11.0. The summed E-state index contributed by atoms with van der Waals surface area (Å²) in [6.45, 7) is 6.65. The lowest BCUT2D eigenvalue weighted by molar-refractivity contribution is -0.140. The third-order valence-corrected chi connectivity index (χ3v) is 6.55. The minimum absolute atomic E-state index is 0.0865. The average Bonchev–Trinajstić information content (AvgIpc) is 3.34. The molecule has 0 aromatic carbocycles. The van der Waals surface area contributed by atoms with Crippen LogP contribution in [0.3, 0.4) is 0 Å². The van der Waals surface area contributed by atoms with Crippen LogP contribution >= 0.6 is 0 Å². The Morgan fingerprint density at radius 3 is 2.37 bits per heavy atom. The monoisotopic (exact) mass is 410 g/mol. The molecular weight excluding hydrogens is 380 g/mol. The van der Waals surface area contributed by atoms with E-state index in [2.05, 4.69) is 20.9 Å². The lowest BCUT2D eigenvalue weighted by Gasteiger charge is -2.37. The Labute approximate surface area is 178 Å². The first kappa shape index (κ1) is 20.6. The number of amides is 2. The zero-order valence-corrected chi connectivity index (χ0v) is 17.5. The molecule has 0 atom stereocenters. The normalized spacial score (nSPS) is 21.0. The van der Waals surface area contributed by atoms with Crippen molar-refractivity contribution in [1.82, 2.24) is 19.7 Å². The topological polar surface area (TPSA) is 83.8 Å². The van der Waals surface area contributed by atoms with Gasteiger partial charge in [-0.1, -0.05) is 0 Å². The molecule has 8 heteroatoms. The number of likely N-dealkylation sites (tertiary alicyclic amines) is 2. The smallest absolute Gasteiger partial charge is 0.236 e. The maximum absolute atomic E-state index is 12.8. The summed E-state index contributed by atoms with van der Waals surface area (Å²) in [5.41, 5.74) is 0.591. The number of carbonyl (C=O) groups excluding carboxylic acids is 2. The SMILES string of the molecule is N#Cc1cccnc1N1CCN(CC(=O)N2CCC(C(=O)N3CCCC3)CC2)CC1. The number of anilines is 1. The fraction of sp³-hybridized carbons (Fsp3) is 0.636. The molecule has 4 rings (SSSR count). The summed E-state index contributed by atoms with van der Waals surface area (Å²) in [6, 6.07) is 5.77. The van der Waals surface area contributed by atoms with Crippen molar-refractivity contribution in [2.24, 2.45) is 5.92 Å². The zero-order chi connectivity index (χ0) is 20.9. The lowest BCUT2D eigenvalue weighted by atomic mass is 9.95. The molecule has 0 unspecified atom stereocenters. The third-order valence-electron chi connectivity index (χ3n) is 6.55. The molecule has 3 aliphatic heterocycles. The Bertz CT molecular complexity index is 800. The van der Waals surface area contributed by atoms with Crippen molar-refractivity contribution in [2.45, 2.75) is 25.7 Å².